The first-order valence-corrected chi connectivity index (χ1v) is 8.54. The summed E-state index contributed by atoms with van der Waals surface area (Å²) in [6, 6.07) is 5.57. The molecule has 1 aliphatic carbocycles. The molecule has 1 saturated carbocycles. The number of hydrogen-bond acceptors (Lipinski definition) is 3. The monoisotopic (exact) mass is 339 g/mol. The predicted octanol–water partition coefficient (Wildman–Crippen LogP) is 4.94. The van der Waals surface area contributed by atoms with Crippen molar-refractivity contribution in [3.8, 4) is 0 Å². The summed E-state index contributed by atoms with van der Waals surface area (Å²) >= 11 is 13.8. The molecule has 2 aromatic rings. The number of halogens is 2. The normalized spacial score (nSPS) is 14.4. The van der Waals surface area contributed by atoms with Gasteiger partial charge in [-0.15, -0.1) is 16.8 Å². The van der Waals surface area contributed by atoms with E-state index in [1.165, 1.54) is 12.8 Å². The number of rotatable bonds is 6. The SMILES string of the molecule is C=CCn1c(SCc2ccc(Cl)cc2Cl)nnc1C1CC1. The molecule has 0 saturated heterocycles. The Balaban J connectivity index is 1.76. The van der Waals surface area contributed by atoms with Crippen LogP contribution in [0.15, 0.2) is 36.0 Å². The Morgan fingerprint density at radius 3 is 2.81 bits per heavy atom. The molecule has 3 nitrogen and oxygen atoms in total. The van der Waals surface area contributed by atoms with Gasteiger partial charge in [0, 0.05) is 28.3 Å². The summed E-state index contributed by atoms with van der Waals surface area (Å²) < 4.78 is 2.15. The molecule has 6 heteroatoms. The Kier molecular flexibility index (Phi) is 4.57. The van der Waals surface area contributed by atoms with Gasteiger partial charge in [-0.2, -0.15) is 0 Å². The van der Waals surface area contributed by atoms with Gasteiger partial charge in [0.05, 0.1) is 0 Å². The molecule has 1 fully saturated rings. The van der Waals surface area contributed by atoms with Crippen LogP contribution in [0.3, 0.4) is 0 Å². The predicted molar refractivity (Wildman–Crippen MR) is 88.2 cm³/mol. The van der Waals surface area contributed by atoms with Crippen LogP contribution in [0.4, 0.5) is 0 Å². The van der Waals surface area contributed by atoms with Crippen molar-refractivity contribution in [3.05, 3.63) is 52.3 Å². The molecule has 110 valence electrons. The fourth-order valence-corrected chi connectivity index (χ4v) is 3.65. The van der Waals surface area contributed by atoms with Crippen LogP contribution < -0.4 is 0 Å². The van der Waals surface area contributed by atoms with Crippen molar-refractivity contribution in [2.45, 2.75) is 36.2 Å². The van der Waals surface area contributed by atoms with Gasteiger partial charge >= 0.3 is 0 Å². The summed E-state index contributed by atoms with van der Waals surface area (Å²) in [4.78, 5) is 0. The fourth-order valence-electron chi connectivity index (χ4n) is 2.13. The van der Waals surface area contributed by atoms with E-state index in [9.17, 15) is 0 Å². The van der Waals surface area contributed by atoms with E-state index in [0.717, 1.165) is 28.8 Å². The molecular formula is C15H15Cl2N3S. The van der Waals surface area contributed by atoms with Crippen molar-refractivity contribution >= 4 is 35.0 Å². The zero-order valence-corrected chi connectivity index (χ0v) is 13.8. The highest BCUT2D eigenvalue weighted by atomic mass is 35.5. The standard InChI is InChI=1S/C15H15Cl2N3S/c1-2-7-20-14(10-3-4-10)18-19-15(20)21-9-11-5-6-12(16)8-13(11)17/h2,5-6,8,10H,1,3-4,7,9H2. The molecule has 0 atom stereocenters. The highest BCUT2D eigenvalue weighted by Crippen LogP contribution is 2.40. The lowest BCUT2D eigenvalue weighted by Crippen LogP contribution is -2.02. The summed E-state index contributed by atoms with van der Waals surface area (Å²) in [5, 5.41) is 10.9. The Morgan fingerprint density at radius 1 is 1.33 bits per heavy atom. The maximum Gasteiger partial charge on any atom is 0.191 e. The highest BCUT2D eigenvalue weighted by Gasteiger charge is 2.30. The summed E-state index contributed by atoms with van der Waals surface area (Å²) in [5.41, 5.74) is 1.05. The van der Waals surface area contributed by atoms with E-state index in [1.807, 2.05) is 18.2 Å². The molecule has 1 aromatic heterocycles. The second kappa shape index (κ2) is 6.42. The molecule has 0 aliphatic heterocycles. The highest BCUT2D eigenvalue weighted by molar-refractivity contribution is 7.98. The third-order valence-corrected chi connectivity index (χ3v) is 4.97. The van der Waals surface area contributed by atoms with E-state index in [-0.39, 0.29) is 0 Å². The van der Waals surface area contributed by atoms with Crippen molar-refractivity contribution in [2.75, 3.05) is 0 Å². The average molecular weight is 340 g/mol. The summed E-state index contributed by atoms with van der Waals surface area (Å²) in [5.74, 6) is 2.40. The van der Waals surface area contributed by atoms with Gasteiger partial charge in [0.1, 0.15) is 5.82 Å². The molecule has 1 aliphatic rings. The lowest BCUT2D eigenvalue weighted by Gasteiger charge is -2.08. The number of benzene rings is 1. The van der Waals surface area contributed by atoms with Gasteiger partial charge < -0.3 is 4.57 Å². The van der Waals surface area contributed by atoms with Crippen LogP contribution in [-0.4, -0.2) is 14.8 Å². The number of nitrogens with zero attached hydrogens (tertiary/aromatic N) is 3. The fraction of sp³-hybridized carbons (Fsp3) is 0.333. The van der Waals surface area contributed by atoms with Crippen LogP contribution in [0, 0.1) is 0 Å². The molecule has 1 aromatic carbocycles. The largest absolute Gasteiger partial charge is 0.302 e. The third-order valence-electron chi connectivity index (χ3n) is 3.37. The second-order valence-electron chi connectivity index (χ2n) is 5.04. The first-order valence-electron chi connectivity index (χ1n) is 6.79. The van der Waals surface area contributed by atoms with Crippen molar-refractivity contribution in [3.63, 3.8) is 0 Å². The minimum Gasteiger partial charge on any atom is -0.302 e. The maximum atomic E-state index is 6.21. The van der Waals surface area contributed by atoms with Crippen molar-refractivity contribution in [1.82, 2.24) is 14.8 Å². The summed E-state index contributed by atoms with van der Waals surface area (Å²) in [7, 11) is 0. The number of allylic oxidation sites excluding steroid dienone is 1. The minimum absolute atomic E-state index is 0.575. The molecule has 0 radical (unpaired) electrons. The maximum absolute atomic E-state index is 6.21. The topological polar surface area (TPSA) is 30.7 Å². The first-order chi connectivity index (χ1) is 10.2. The Hall–Kier alpha value is -0.970. The zero-order chi connectivity index (χ0) is 14.8. The van der Waals surface area contributed by atoms with Gasteiger partial charge in [0.25, 0.3) is 0 Å². The van der Waals surface area contributed by atoms with Crippen LogP contribution in [0.25, 0.3) is 0 Å². The summed E-state index contributed by atoms with van der Waals surface area (Å²) in [6.07, 6.45) is 4.31. The first kappa shape index (κ1) is 14.9. The molecular weight excluding hydrogens is 325 g/mol. The number of hydrogen-bond donors (Lipinski definition) is 0. The van der Waals surface area contributed by atoms with E-state index >= 15 is 0 Å². The minimum atomic E-state index is 0.575. The molecule has 0 bridgehead atoms. The molecule has 0 spiro atoms. The van der Waals surface area contributed by atoms with Crippen LogP contribution in [-0.2, 0) is 12.3 Å². The average Bonchev–Trinajstić information content (AvgIpc) is 3.22. The lowest BCUT2D eigenvalue weighted by atomic mass is 10.2. The second-order valence-corrected chi connectivity index (χ2v) is 6.82. The zero-order valence-electron chi connectivity index (χ0n) is 11.4. The van der Waals surface area contributed by atoms with E-state index in [4.69, 9.17) is 23.2 Å². The smallest absolute Gasteiger partial charge is 0.191 e. The Morgan fingerprint density at radius 2 is 2.14 bits per heavy atom. The van der Waals surface area contributed by atoms with Gasteiger partial charge in [-0.05, 0) is 30.5 Å². The number of aromatic nitrogens is 3. The summed E-state index contributed by atoms with van der Waals surface area (Å²) in [6.45, 7) is 4.56. The molecule has 21 heavy (non-hydrogen) atoms. The molecule has 0 N–H and O–H groups in total. The van der Waals surface area contributed by atoms with Crippen LogP contribution >= 0.6 is 35.0 Å². The van der Waals surface area contributed by atoms with E-state index in [2.05, 4.69) is 21.3 Å². The van der Waals surface area contributed by atoms with E-state index in [0.29, 0.717) is 16.0 Å². The van der Waals surface area contributed by atoms with Crippen LogP contribution in [0.5, 0.6) is 0 Å². The van der Waals surface area contributed by atoms with Gasteiger partial charge in [-0.25, -0.2) is 0 Å². The van der Waals surface area contributed by atoms with Crippen LogP contribution in [0.2, 0.25) is 10.0 Å². The lowest BCUT2D eigenvalue weighted by molar-refractivity contribution is 0.681. The Bertz CT molecular complexity index is 665. The molecule has 1 heterocycles. The number of thioether (sulfide) groups is 1. The third kappa shape index (κ3) is 3.44. The van der Waals surface area contributed by atoms with Crippen molar-refractivity contribution < 1.29 is 0 Å². The van der Waals surface area contributed by atoms with Gasteiger partial charge in [-0.1, -0.05) is 47.1 Å². The van der Waals surface area contributed by atoms with Crippen LogP contribution in [0.1, 0.15) is 30.1 Å². The molecule has 0 amide bonds. The quantitative estimate of drug-likeness (QED) is 0.551. The van der Waals surface area contributed by atoms with E-state index < -0.39 is 0 Å². The van der Waals surface area contributed by atoms with Crippen molar-refractivity contribution in [1.29, 1.82) is 0 Å². The molecule has 3 rings (SSSR count). The van der Waals surface area contributed by atoms with Crippen molar-refractivity contribution in [2.24, 2.45) is 0 Å². The van der Waals surface area contributed by atoms with Gasteiger partial charge in [-0.3, -0.25) is 0 Å². The Labute approximate surface area is 138 Å². The molecule has 0 unspecified atom stereocenters. The van der Waals surface area contributed by atoms with E-state index in [1.54, 1.807) is 17.8 Å². The van der Waals surface area contributed by atoms with Gasteiger partial charge in [0.15, 0.2) is 5.16 Å². The van der Waals surface area contributed by atoms with Gasteiger partial charge in [0.2, 0.25) is 0 Å².